The van der Waals surface area contributed by atoms with E-state index in [-0.39, 0.29) is 12.1 Å². The minimum atomic E-state index is -0.0434. The Morgan fingerprint density at radius 2 is 1.94 bits per heavy atom. The zero-order chi connectivity index (χ0) is 12.0. The Morgan fingerprint density at radius 3 is 2.50 bits per heavy atom. The van der Waals surface area contributed by atoms with Crippen LogP contribution in [0, 0.1) is 5.41 Å². The van der Waals surface area contributed by atoms with Crippen molar-refractivity contribution < 1.29 is 9.53 Å². The third kappa shape index (κ3) is 4.97. The predicted octanol–water partition coefficient (Wildman–Crippen LogP) is 2.63. The molecule has 2 N–H and O–H groups in total. The van der Waals surface area contributed by atoms with Crippen LogP contribution in [0.4, 0.5) is 0 Å². The lowest BCUT2D eigenvalue weighted by Gasteiger charge is -2.33. The van der Waals surface area contributed by atoms with Crippen molar-refractivity contribution in [3.63, 3.8) is 0 Å². The lowest BCUT2D eigenvalue weighted by molar-refractivity contribution is -0.151. The number of rotatable bonds is 5. The summed E-state index contributed by atoms with van der Waals surface area (Å²) in [6, 6.07) is 0. The highest BCUT2D eigenvalue weighted by Gasteiger charge is 2.28. The Morgan fingerprint density at radius 1 is 1.31 bits per heavy atom. The van der Waals surface area contributed by atoms with Gasteiger partial charge in [0.05, 0.1) is 0 Å². The number of esters is 1. The van der Waals surface area contributed by atoms with Crippen molar-refractivity contribution in [1.82, 2.24) is 0 Å². The minimum Gasteiger partial charge on any atom is -0.462 e. The first-order chi connectivity index (χ1) is 7.53. The first kappa shape index (κ1) is 13.5. The Bertz CT molecular complexity index is 216. The predicted molar refractivity (Wildman–Crippen MR) is 65.0 cm³/mol. The molecular weight excluding hydrogens is 202 g/mol. The smallest absolute Gasteiger partial charge is 0.306 e. The van der Waals surface area contributed by atoms with Crippen molar-refractivity contribution >= 4 is 5.97 Å². The van der Waals surface area contributed by atoms with Gasteiger partial charge < -0.3 is 10.5 Å². The molecule has 1 rings (SSSR count). The van der Waals surface area contributed by atoms with Crippen LogP contribution in [0.3, 0.4) is 0 Å². The maximum absolute atomic E-state index is 11.5. The van der Waals surface area contributed by atoms with Crippen molar-refractivity contribution in [3.05, 3.63) is 0 Å². The molecule has 94 valence electrons. The number of carbonyl (C=O) groups is 1. The van der Waals surface area contributed by atoms with Gasteiger partial charge >= 0.3 is 5.97 Å². The van der Waals surface area contributed by atoms with Gasteiger partial charge in [0.15, 0.2) is 0 Å². The summed E-state index contributed by atoms with van der Waals surface area (Å²) in [5.74, 6) is -0.0434. The molecule has 0 spiro atoms. The molecule has 0 bridgehead atoms. The molecule has 1 aliphatic rings. The quantitative estimate of drug-likeness (QED) is 0.580. The molecule has 0 aromatic heterocycles. The van der Waals surface area contributed by atoms with E-state index in [1.54, 1.807) is 0 Å². The summed E-state index contributed by atoms with van der Waals surface area (Å²) in [5.41, 5.74) is 5.81. The monoisotopic (exact) mass is 227 g/mol. The number of hydrogen-bond acceptors (Lipinski definition) is 3. The van der Waals surface area contributed by atoms with E-state index in [1.165, 1.54) is 0 Å². The van der Waals surface area contributed by atoms with Crippen LogP contribution >= 0.6 is 0 Å². The second kappa shape index (κ2) is 6.24. The highest BCUT2D eigenvalue weighted by atomic mass is 16.5. The molecule has 1 fully saturated rings. The summed E-state index contributed by atoms with van der Waals surface area (Å²) in [6.45, 7) is 5.23. The summed E-state index contributed by atoms with van der Waals surface area (Å²) in [6.07, 6.45) is 6.82. The average molecular weight is 227 g/mol. The zero-order valence-corrected chi connectivity index (χ0v) is 10.6. The molecular formula is C13H25NO2. The van der Waals surface area contributed by atoms with Crippen LogP contribution in [0.15, 0.2) is 0 Å². The van der Waals surface area contributed by atoms with Gasteiger partial charge in [-0.25, -0.2) is 0 Å². The molecule has 1 aliphatic carbocycles. The third-order valence-corrected chi connectivity index (χ3v) is 3.42. The maximum Gasteiger partial charge on any atom is 0.306 e. The fourth-order valence-corrected chi connectivity index (χ4v) is 2.15. The van der Waals surface area contributed by atoms with Crippen molar-refractivity contribution in [2.24, 2.45) is 11.1 Å². The molecule has 0 unspecified atom stereocenters. The van der Waals surface area contributed by atoms with Crippen molar-refractivity contribution in [2.75, 3.05) is 6.54 Å². The molecule has 0 saturated heterocycles. The van der Waals surface area contributed by atoms with E-state index in [9.17, 15) is 4.79 Å². The number of nitrogens with two attached hydrogens (primary N) is 1. The van der Waals surface area contributed by atoms with Crippen LogP contribution in [-0.4, -0.2) is 18.6 Å². The van der Waals surface area contributed by atoms with E-state index < -0.39 is 0 Å². The van der Waals surface area contributed by atoms with E-state index in [4.69, 9.17) is 10.5 Å². The van der Waals surface area contributed by atoms with Gasteiger partial charge in [-0.2, -0.15) is 0 Å². The molecule has 0 aromatic rings. The number of unbranched alkanes of at least 4 members (excludes halogenated alkanes) is 1. The Labute approximate surface area is 98.7 Å². The number of hydrogen-bond donors (Lipinski definition) is 1. The van der Waals surface area contributed by atoms with Gasteiger partial charge in [0.1, 0.15) is 6.10 Å². The summed E-state index contributed by atoms with van der Waals surface area (Å²) >= 11 is 0. The third-order valence-electron chi connectivity index (χ3n) is 3.42. The van der Waals surface area contributed by atoms with E-state index in [0.29, 0.717) is 18.4 Å². The summed E-state index contributed by atoms with van der Waals surface area (Å²) in [7, 11) is 0. The molecule has 0 heterocycles. The van der Waals surface area contributed by atoms with Crippen molar-refractivity contribution in [3.8, 4) is 0 Å². The first-order valence-electron chi connectivity index (χ1n) is 6.43. The highest BCUT2D eigenvalue weighted by Crippen LogP contribution is 2.36. The average Bonchev–Trinajstić information content (AvgIpc) is 2.22. The molecule has 1 saturated carbocycles. The standard InChI is InChI=1S/C13H25NO2/c1-13(2)8-6-11(7-9-13)16-12(15)5-3-4-10-14/h11H,3-10,14H2,1-2H3. The minimum absolute atomic E-state index is 0.0434. The number of ether oxygens (including phenoxy) is 1. The molecule has 16 heavy (non-hydrogen) atoms. The number of carbonyl (C=O) groups excluding carboxylic acids is 1. The van der Waals surface area contributed by atoms with Gasteiger partial charge in [0.25, 0.3) is 0 Å². The lowest BCUT2D eigenvalue weighted by Crippen LogP contribution is -2.28. The zero-order valence-electron chi connectivity index (χ0n) is 10.6. The van der Waals surface area contributed by atoms with Crippen LogP contribution in [-0.2, 0) is 9.53 Å². The van der Waals surface area contributed by atoms with Gasteiger partial charge in [-0.3, -0.25) is 4.79 Å². The first-order valence-corrected chi connectivity index (χ1v) is 6.43. The summed E-state index contributed by atoms with van der Waals surface area (Å²) in [5, 5.41) is 0. The van der Waals surface area contributed by atoms with Gasteiger partial charge in [0, 0.05) is 6.42 Å². The fourth-order valence-electron chi connectivity index (χ4n) is 2.15. The van der Waals surface area contributed by atoms with Crippen LogP contribution in [0.1, 0.15) is 58.8 Å². The maximum atomic E-state index is 11.5. The second-order valence-corrected chi connectivity index (χ2v) is 5.60. The molecule has 0 radical (unpaired) electrons. The van der Waals surface area contributed by atoms with Crippen LogP contribution < -0.4 is 5.73 Å². The van der Waals surface area contributed by atoms with Crippen molar-refractivity contribution in [2.45, 2.75) is 64.9 Å². The normalized spacial score (nSPS) is 20.7. The topological polar surface area (TPSA) is 52.3 Å². The Kier molecular flexibility index (Phi) is 5.26. The molecule has 0 aromatic carbocycles. The Hall–Kier alpha value is -0.570. The second-order valence-electron chi connectivity index (χ2n) is 5.60. The van der Waals surface area contributed by atoms with E-state index >= 15 is 0 Å². The molecule has 0 atom stereocenters. The summed E-state index contributed by atoms with van der Waals surface area (Å²) < 4.78 is 5.45. The largest absolute Gasteiger partial charge is 0.462 e. The van der Waals surface area contributed by atoms with E-state index in [1.807, 2.05) is 0 Å². The van der Waals surface area contributed by atoms with Gasteiger partial charge in [0.2, 0.25) is 0 Å². The van der Waals surface area contributed by atoms with E-state index in [2.05, 4.69) is 13.8 Å². The lowest BCUT2D eigenvalue weighted by atomic mass is 9.76. The SMILES string of the molecule is CC1(C)CCC(OC(=O)CCCCN)CC1. The molecule has 3 heteroatoms. The molecule has 3 nitrogen and oxygen atoms in total. The molecule has 0 amide bonds. The van der Waals surface area contributed by atoms with Crippen molar-refractivity contribution in [1.29, 1.82) is 0 Å². The fraction of sp³-hybridized carbons (Fsp3) is 0.923. The van der Waals surface area contributed by atoms with Crippen LogP contribution in [0.25, 0.3) is 0 Å². The van der Waals surface area contributed by atoms with Gasteiger partial charge in [-0.15, -0.1) is 0 Å². The van der Waals surface area contributed by atoms with E-state index in [0.717, 1.165) is 38.5 Å². The summed E-state index contributed by atoms with van der Waals surface area (Å²) in [4.78, 5) is 11.5. The highest BCUT2D eigenvalue weighted by molar-refractivity contribution is 5.69. The van der Waals surface area contributed by atoms with Crippen LogP contribution in [0.2, 0.25) is 0 Å². The van der Waals surface area contributed by atoms with Gasteiger partial charge in [-0.1, -0.05) is 13.8 Å². The van der Waals surface area contributed by atoms with Gasteiger partial charge in [-0.05, 0) is 50.5 Å². The Balaban J connectivity index is 2.16. The molecule has 0 aliphatic heterocycles. The van der Waals surface area contributed by atoms with Crippen LogP contribution in [0.5, 0.6) is 0 Å².